The first-order valence-electron chi connectivity index (χ1n) is 12.8. The molecular weight excluding hydrogens is 540 g/mol. The number of nitrogens with zero attached hydrogens (tertiary/aromatic N) is 4. The number of fused-ring (bicyclic) bond motifs is 1. The van der Waals surface area contributed by atoms with Crippen LogP contribution in [-0.2, 0) is 9.59 Å². The molecule has 0 spiro atoms. The highest BCUT2D eigenvalue weighted by molar-refractivity contribution is 6.30. The van der Waals surface area contributed by atoms with Crippen molar-refractivity contribution < 1.29 is 28.7 Å². The van der Waals surface area contributed by atoms with Gasteiger partial charge in [0.15, 0.2) is 5.58 Å². The van der Waals surface area contributed by atoms with Crippen LogP contribution in [0.15, 0.2) is 34.9 Å². The lowest BCUT2D eigenvalue weighted by molar-refractivity contribution is -0.136. The van der Waals surface area contributed by atoms with E-state index >= 15 is 0 Å². The maximum Gasteiger partial charge on any atom is 0.354 e. The van der Waals surface area contributed by atoms with E-state index in [-0.39, 0.29) is 51.8 Å². The van der Waals surface area contributed by atoms with Crippen LogP contribution in [-0.4, -0.2) is 82.8 Å². The smallest absolute Gasteiger partial charge is 0.354 e. The van der Waals surface area contributed by atoms with Gasteiger partial charge in [-0.25, -0.2) is 14.8 Å². The largest absolute Gasteiger partial charge is 0.477 e. The molecule has 1 saturated carbocycles. The number of carboxylic acids is 1. The minimum Gasteiger partial charge on any atom is -0.477 e. The maximum absolute atomic E-state index is 13.3. The molecule has 0 aromatic carbocycles. The van der Waals surface area contributed by atoms with Crippen LogP contribution in [0.5, 0.6) is 0 Å². The summed E-state index contributed by atoms with van der Waals surface area (Å²) in [6, 6.07) is 5.67. The predicted molar refractivity (Wildman–Crippen MR) is 148 cm³/mol. The Labute approximate surface area is 235 Å². The summed E-state index contributed by atoms with van der Waals surface area (Å²) in [6.07, 6.45) is 3.46. The fourth-order valence-corrected chi connectivity index (χ4v) is 4.71. The highest BCUT2D eigenvalue weighted by Gasteiger charge is 2.33. The lowest BCUT2D eigenvalue weighted by Crippen LogP contribution is -2.39. The van der Waals surface area contributed by atoms with Gasteiger partial charge in [0, 0.05) is 38.2 Å². The van der Waals surface area contributed by atoms with Crippen LogP contribution >= 0.6 is 11.6 Å². The molecule has 1 aliphatic rings. The number of aromatic nitrogens is 2. The number of hydrogen-bond acceptors (Lipinski definition) is 8. The highest BCUT2D eigenvalue weighted by Crippen LogP contribution is 2.34. The molecule has 0 atom stereocenters. The second-order valence-corrected chi connectivity index (χ2v) is 10.5. The van der Waals surface area contributed by atoms with Crippen LogP contribution in [0.4, 0.5) is 11.5 Å². The van der Waals surface area contributed by atoms with Crippen molar-refractivity contribution in [3.8, 4) is 0 Å². The number of anilines is 2. The molecular formula is C27H31ClN6O6. The van der Waals surface area contributed by atoms with Gasteiger partial charge in [-0.1, -0.05) is 11.6 Å². The molecule has 0 aliphatic heterocycles. The van der Waals surface area contributed by atoms with Gasteiger partial charge in [0.25, 0.3) is 5.91 Å². The standard InChI is InChI=1S/C27H31ClN6O6/c1-33(2)12-13-34(3)26(37)16-6-4-15(5-7-16)24(35)32-22-21-19(10-9-18(30-21)27(38)39)40-23(22)25(36)31-20-11-8-17(28)14-29-20/h8-11,14-16H,4-7,12-13H2,1-3H3,(H,32,35)(H,38,39)(H,29,31,36). The van der Waals surface area contributed by atoms with Gasteiger partial charge in [0.1, 0.15) is 22.7 Å². The molecule has 1 fully saturated rings. The zero-order valence-corrected chi connectivity index (χ0v) is 23.2. The number of pyridine rings is 2. The zero-order chi connectivity index (χ0) is 29.0. The summed E-state index contributed by atoms with van der Waals surface area (Å²) < 4.78 is 5.70. The highest BCUT2D eigenvalue weighted by atomic mass is 35.5. The summed E-state index contributed by atoms with van der Waals surface area (Å²) >= 11 is 5.86. The number of halogens is 1. The van der Waals surface area contributed by atoms with Gasteiger partial charge < -0.3 is 30.0 Å². The van der Waals surface area contributed by atoms with E-state index in [1.165, 1.54) is 24.4 Å². The maximum atomic E-state index is 13.3. The van der Waals surface area contributed by atoms with E-state index in [0.29, 0.717) is 37.3 Å². The van der Waals surface area contributed by atoms with Crippen molar-refractivity contribution in [3.63, 3.8) is 0 Å². The Morgan fingerprint density at radius 3 is 2.33 bits per heavy atom. The van der Waals surface area contributed by atoms with Crippen molar-refractivity contribution in [3.05, 3.63) is 46.9 Å². The van der Waals surface area contributed by atoms with Crippen LogP contribution < -0.4 is 10.6 Å². The van der Waals surface area contributed by atoms with E-state index in [0.717, 1.165) is 6.54 Å². The molecule has 0 radical (unpaired) electrons. The van der Waals surface area contributed by atoms with E-state index in [2.05, 4.69) is 20.6 Å². The Balaban J connectivity index is 1.51. The summed E-state index contributed by atoms with van der Waals surface area (Å²) in [5, 5.41) is 15.1. The lowest BCUT2D eigenvalue weighted by Gasteiger charge is -2.30. The molecule has 3 N–H and O–H groups in total. The fraction of sp³-hybridized carbons (Fsp3) is 0.407. The van der Waals surface area contributed by atoms with E-state index in [1.807, 2.05) is 19.0 Å². The Bertz CT molecular complexity index is 1410. The summed E-state index contributed by atoms with van der Waals surface area (Å²) in [5.74, 6) is -2.88. The number of hydrogen-bond donors (Lipinski definition) is 3. The van der Waals surface area contributed by atoms with Crippen molar-refractivity contribution in [2.45, 2.75) is 25.7 Å². The first-order valence-corrected chi connectivity index (χ1v) is 13.2. The number of amides is 3. The molecule has 12 nitrogen and oxygen atoms in total. The SMILES string of the molecule is CN(C)CCN(C)C(=O)C1CCC(C(=O)Nc2c(C(=O)Nc3ccc(Cl)cn3)oc3ccc(C(=O)O)nc23)CC1. The van der Waals surface area contributed by atoms with Gasteiger partial charge in [0.2, 0.25) is 17.6 Å². The number of likely N-dealkylation sites (N-methyl/N-ethyl adjacent to an activating group) is 2. The molecule has 212 valence electrons. The van der Waals surface area contributed by atoms with Crippen molar-refractivity contribution >= 4 is 57.9 Å². The van der Waals surface area contributed by atoms with Gasteiger partial charge >= 0.3 is 5.97 Å². The van der Waals surface area contributed by atoms with Crippen molar-refractivity contribution in [2.24, 2.45) is 11.8 Å². The summed E-state index contributed by atoms with van der Waals surface area (Å²) in [7, 11) is 5.69. The average molecular weight is 571 g/mol. The van der Waals surface area contributed by atoms with Gasteiger partial charge in [-0.15, -0.1) is 0 Å². The lowest BCUT2D eigenvalue weighted by atomic mass is 9.81. The Morgan fingerprint density at radius 2 is 1.70 bits per heavy atom. The molecule has 40 heavy (non-hydrogen) atoms. The number of carbonyl (C=O) groups excluding carboxylic acids is 3. The zero-order valence-electron chi connectivity index (χ0n) is 22.4. The van der Waals surface area contributed by atoms with E-state index in [1.54, 1.807) is 18.0 Å². The van der Waals surface area contributed by atoms with Gasteiger partial charge in [-0.2, -0.15) is 0 Å². The van der Waals surface area contributed by atoms with E-state index in [9.17, 15) is 24.3 Å². The number of furan rings is 1. The molecule has 3 aromatic heterocycles. The molecule has 4 rings (SSSR count). The monoisotopic (exact) mass is 570 g/mol. The molecule has 3 amide bonds. The van der Waals surface area contributed by atoms with Crippen molar-refractivity contribution in [2.75, 3.05) is 44.9 Å². The summed E-state index contributed by atoms with van der Waals surface area (Å²) in [5.41, 5.74) is -0.137. The number of rotatable bonds is 9. The molecule has 3 aromatic rings. The third kappa shape index (κ3) is 6.75. The van der Waals surface area contributed by atoms with Gasteiger partial charge in [0.05, 0.1) is 5.02 Å². The number of carbonyl (C=O) groups is 4. The van der Waals surface area contributed by atoms with Crippen LogP contribution in [0.25, 0.3) is 11.1 Å². The molecule has 13 heteroatoms. The third-order valence-electron chi connectivity index (χ3n) is 6.88. The van der Waals surface area contributed by atoms with Gasteiger partial charge in [-0.05, 0) is 64.0 Å². The van der Waals surface area contributed by atoms with Crippen LogP contribution in [0.2, 0.25) is 5.02 Å². The first-order chi connectivity index (χ1) is 19.0. The molecule has 0 bridgehead atoms. The predicted octanol–water partition coefficient (Wildman–Crippen LogP) is 3.59. The minimum atomic E-state index is -1.27. The van der Waals surface area contributed by atoms with Crippen LogP contribution in [0, 0.1) is 11.8 Å². The summed E-state index contributed by atoms with van der Waals surface area (Å²) in [4.78, 5) is 62.7. The topological polar surface area (TPSA) is 158 Å². The van der Waals surface area contributed by atoms with E-state index < -0.39 is 17.8 Å². The summed E-state index contributed by atoms with van der Waals surface area (Å²) in [6.45, 7) is 1.39. The Hall–Kier alpha value is -4.03. The molecule has 3 heterocycles. The quantitative estimate of drug-likeness (QED) is 0.349. The second-order valence-electron chi connectivity index (χ2n) is 10.1. The molecule has 0 saturated heterocycles. The number of nitrogens with one attached hydrogen (secondary N) is 2. The Morgan fingerprint density at radius 1 is 1.00 bits per heavy atom. The third-order valence-corrected chi connectivity index (χ3v) is 7.11. The Kier molecular flexibility index (Phi) is 9.00. The van der Waals surface area contributed by atoms with Crippen LogP contribution in [0.1, 0.15) is 46.7 Å². The van der Waals surface area contributed by atoms with Gasteiger partial charge in [-0.3, -0.25) is 14.4 Å². The minimum absolute atomic E-state index is 0.0313. The number of aromatic carboxylic acids is 1. The molecule has 0 unspecified atom stereocenters. The first kappa shape index (κ1) is 29.0. The second kappa shape index (κ2) is 12.4. The van der Waals surface area contributed by atoms with Crippen molar-refractivity contribution in [1.29, 1.82) is 0 Å². The van der Waals surface area contributed by atoms with Crippen molar-refractivity contribution in [1.82, 2.24) is 19.8 Å². The van der Waals surface area contributed by atoms with Crippen LogP contribution in [0.3, 0.4) is 0 Å². The molecule has 1 aliphatic carbocycles. The number of carboxylic acid groups (broad SMARTS) is 1. The fourth-order valence-electron chi connectivity index (χ4n) is 4.59. The normalized spacial score (nSPS) is 17.0. The van der Waals surface area contributed by atoms with E-state index in [4.69, 9.17) is 16.0 Å². The average Bonchev–Trinajstić information content (AvgIpc) is 3.30.